The first kappa shape index (κ1) is 21.8. The molecule has 0 aliphatic heterocycles. The molecule has 1 aromatic heterocycles. The summed E-state index contributed by atoms with van der Waals surface area (Å²) in [5, 5.41) is 27.7. The van der Waals surface area contributed by atoms with Crippen LogP contribution in [0, 0.1) is 28.8 Å². The van der Waals surface area contributed by atoms with Gasteiger partial charge in [-0.1, -0.05) is 0 Å². The van der Waals surface area contributed by atoms with Crippen molar-refractivity contribution < 1.29 is 18.3 Å². The third-order valence-corrected chi connectivity index (χ3v) is 4.78. The van der Waals surface area contributed by atoms with E-state index in [1.165, 1.54) is 18.2 Å². The summed E-state index contributed by atoms with van der Waals surface area (Å²) < 4.78 is 41.5. The summed E-state index contributed by atoms with van der Waals surface area (Å²) in [6, 6.07) is 9.74. The highest BCUT2D eigenvalue weighted by molar-refractivity contribution is 5.91. The van der Waals surface area contributed by atoms with Crippen molar-refractivity contribution in [2.24, 2.45) is 0 Å². The number of hydrogen-bond acceptors (Lipinski definition) is 5. The van der Waals surface area contributed by atoms with Crippen LogP contribution in [0.15, 0.2) is 36.4 Å². The molecule has 0 fully saturated rings. The molecule has 3 aromatic rings. The van der Waals surface area contributed by atoms with Crippen LogP contribution in [0.3, 0.4) is 0 Å². The topological polar surface area (TPSA) is 95.9 Å². The maximum absolute atomic E-state index is 14.3. The Morgan fingerprint density at radius 3 is 2.53 bits per heavy atom. The number of fused-ring (bicyclic) bond motifs is 1. The van der Waals surface area contributed by atoms with Gasteiger partial charge in [-0.3, -0.25) is 10.6 Å². The molecule has 9 heteroatoms. The zero-order valence-electron chi connectivity index (χ0n) is 16.3. The molecule has 0 saturated heterocycles. The SMILES string of the molecule is CNC(CC#N)NC(O)NCCc1c(-c2ccc(F)cc2)[nH]c2c(F)cc(F)cc12. The first-order valence-electron chi connectivity index (χ1n) is 9.40. The third-order valence-electron chi connectivity index (χ3n) is 4.78. The fourth-order valence-electron chi connectivity index (χ4n) is 3.32. The Hall–Kier alpha value is -2.90. The summed E-state index contributed by atoms with van der Waals surface area (Å²) >= 11 is 0. The van der Waals surface area contributed by atoms with Gasteiger partial charge in [-0.25, -0.2) is 13.2 Å². The molecule has 3 rings (SSSR count). The van der Waals surface area contributed by atoms with E-state index in [-0.39, 0.29) is 18.5 Å². The summed E-state index contributed by atoms with van der Waals surface area (Å²) in [5.41, 5.74) is 1.98. The van der Waals surface area contributed by atoms with Gasteiger partial charge >= 0.3 is 0 Å². The van der Waals surface area contributed by atoms with Crippen molar-refractivity contribution in [2.45, 2.75) is 25.4 Å². The molecule has 0 spiro atoms. The fourth-order valence-corrected chi connectivity index (χ4v) is 3.32. The molecule has 2 aromatic carbocycles. The van der Waals surface area contributed by atoms with E-state index in [1.807, 2.05) is 6.07 Å². The molecule has 2 atom stereocenters. The normalized spacial score (nSPS) is 13.3. The smallest absolute Gasteiger partial charge is 0.161 e. The Morgan fingerprint density at radius 2 is 1.87 bits per heavy atom. The summed E-state index contributed by atoms with van der Waals surface area (Å²) in [7, 11) is 1.66. The van der Waals surface area contributed by atoms with Crippen LogP contribution in [0.2, 0.25) is 0 Å². The van der Waals surface area contributed by atoms with Crippen molar-refractivity contribution in [1.29, 1.82) is 5.26 Å². The number of rotatable bonds is 9. The number of H-pyrrole nitrogens is 1. The molecule has 5 N–H and O–H groups in total. The number of nitrogens with one attached hydrogen (secondary N) is 4. The number of halogens is 3. The van der Waals surface area contributed by atoms with Gasteiger partial charge in [-0.15, -0.1) is 0 Å². The monoisotopic (exact) mass is 417 g/mol. The van der Waals surface area contributed by atoms with Crippen molar-refractivity contribution in [3.05, 3.63) is 59.4 Å². The predicted octanol–water partition coefficient (Wildman–Crippen LogP) is 2.71. The molecule has 0 saturated carbocycles. The Balaban J connectivity index is 1.84. The van der Waals surface area contributed by atoms with Crippen LogP contribution in [-0.4, -0.2) is 36.2 Å². The van der Waals surface area contributed by atoms with Gasteiger partial charge < -0.3 is 15.4 Å². The standard InChI is InChI=1S/C21H22F3N5O/c1-26-18(6-8-25)28-21(30)27-9-7-15-16-10-14(23)11-17(24)20(16)29-19(15)12-2-4-13(22)5-3-12/h2-5,10-11,18,21,26-30H,6-7,9H2,1H3. The Kier molecular flexibility index (Phi) is 7.07. The lowest BCUT2D eigenvalue weighted by Gasteiger charge is -2.20. The van der Waals surface area contributed by atoms with Crippen LogP contribution in [0.4, 0.5) is 13.2 Å². The third kappa shape index (κ3) is 4.98. The summed E-state index contributed by atoms with van der Waals surface area (Å²) in [4.78, 5) is 2.98. The molecule has 1 heterocycles. The molecule has 0 radical (unpaired) electrons. The van der Waals surface area contributed by atoms with Crippen molar-refractivity contribution in [3.63, 3.8) is 0 Å². The number of aliphatic hydroxyl groups excluding tert-OH is 1. The Labute approximate surface area is 171 Å². The zero-order valence-corrected chi connectivity index (χ0v) is 16.3. The van der Waals surface area contributed by atoms with Crippen LogP contribution in [0.1, 0.15) is 12.0 Å². The van der Waals surface area contributed by atoms with E-state index in [4.69, 9.17) is 5.26 Å². The lowest BCUT2D eigenvalue weighted by molar-refractivity contribution is 0.0848. The largest absolute Gasteiger partial charge is 0.365 e. The highest BCUT2D eigenvalue weighted by Gasteiger charge is 2.18. The average Bonchev–Trinajstić information content (AvgIpc) is 3.07. The number of aromatic nitrogens is 1. The number of nitriles is 1. The first-order chi connectivity index (χ1) is 14.4. The molecule has 0 aliphatic rings. The van der Waals surface area contributed by atoms with Gasteiger partial charge in [0.05, 0.1) is 24.2 Å². The maximum atomic E-state index is 14.3. The lowest BCUT2D eigenvalue weighted by Crippen LogP contribution is -2.52. The van der Waals surface area contributed by atoms with E-state index in [0.717, 1.165) is 6.07 Å². The van der Waals surface area contributed by atoms with Crippen molar-refractivity contribution in [2.75, 3.05) is 13.6 Å². The number of aromatic amines is 1. The van der Waals surface area contributed by atoms with E-state index >= 15 is 0 Å². The van der Waals surface area contributed by atoms with Gasteiger partial charge in [0.15, 0.2) is 6.35 Å². The Bertz CT molecular complexity index is 1050. The second-order valence-corrected chi connectivity index (χ2v) is 6.77. The highest BCUT2D eigenvalue weighted by atomic mass is 19.1. The van der Waals surface area contributed by atoms with E-state index in [0.29, 0.717) is 28.6 Å². The molecular formula is C21H22F3N5O. The summed E-state index contributed by atoms with van der Waals surface area (Å²) in [5.74, 6) is -1.82. The molecule has 6 nitrogen and oxygen atoms in total. The highest BCUT2D eigenvalue weighted by Crippen LogP contribution is 2.32. The summed E-state index contributed by atoms with van der Waals surface area (Å²) in [6.07, 6.45) is -1.01. The fraction of sp³-hybridized carbons (Fsp3) is 0.286. The Morgan fingerprint density at radius 1 is 1.13 bits per heavy atom. The number of nitrogens with zero attached hydrogens (tertiary/aromatic N) is 1. The molecular weight excluding hydrogens is 395 g/mol. The van der Waals surface area contributed by atoms with Crippen LogP contribution < -0.4 is 16.0 Å². The lowest BCUT2D eigenvalue weighted by atomic mass is 10.0. The number of benzene rings is 2. The minimum absolute atomic E-state index is 0.158. The first-order valence-corrected chi connectivity index (χ1v) is 9.40. The second kappa shape index (κ2) is 9.73. The van der Waals surface area contributed by atoms with Gasteiger partial charge in [0.1, 0.15) is 17.5 Å². The molecule has 158 valence electrons. The van der Waals surface area contributed by atoms with Crippen LogP contribution >= 0.6 is 0 Å². The van der Waals surface area contributed by atoms with E-state index in [9.17, 15) is 18.3 Å². The van der Waals surface area contributed by atoms with Crippen LogP contribution in [0.5, 0.6) is 0 Å². The molecule has 0 bridgehead atoms. The van der Waals surface area contributed by atoms with Crippen LogP contribution in [-0.2, 0) is 6.42 Å². The van der Waals surface area contributed by atoms with Gasteiger partial charge in [-0.2, -0.15) is 5.26 Å². The molecule has 0 amide bonds. The molecule has 0 aliphatic carbocycles. The van der Waals surface area contributed by atoms with E-state index in [2.05, 4.69) is 20.9 Å². The van der Waals surface area contributed by atoms with E-state index < -0.39 is 30.0 Å². The van der Waals surface area contributed by atoms with Gasteiger partial charge in [0, 0.05) is 23.7 Å². The number of hydrogen-bond donors (Lipinski definition) is 5. The number of aliphatic hydroxyl groups is 1. The van der Waals surface area contributed by atoms with E-state index in [1.54, 1.807) is 19.2 Å². The van der Waals surface area contributed by atoms with Gasteiger partial charge in [-0.05, 0) is 54.9 Å². The zero-order chi connectivity index (χ0) is 21.7. The minimum Gasteiger partial charge on any atom is -0.365 e. The predicted molar refractivity (Wildman–Crippen MR) is 108 cm³/mol. The molecule has 30 heavy (non-hydrogen) atoms. The maximum Gasteiger partial charge on any atom is 0.161 e. The second-order valence-electron chi connectivity index (χ2n) is 6.77. The quantitative estimate of drug-likeness (QED) is 0.345. The van der Waals surface area contributed by atoms with Crippen molar-refractivity contribution >= 4 is 10.9 Å². The minimum atomic E-state index is -1.09. The summed E-state index contributed by atoms with van der Waals surface area (Å²) in [6.45, 7) is 0.274. The van der Waals surface area contributed by atoms with Crippen molar-refractivity contribution in [3.8, 4) is 17.3 Å². The van der Waals surface area contributed by atoms with Crippen molar-refractivity contribution in [1.82, 2.24) is 20.9 Å². The van der Waals surface area contributed by atoms with Crippen LogP contribution in [0.25, 0.3) is 22.2 Å². The molecule has 2 unspecified atom stereocenters. The van der Waals surface area contributed by atoms with Gasteiger partial charge in [0.2, 0.25) is 0 Å². The van der Waals surface area contributed by atoms with Gasteiger partial charge in [0.25, 0.3) is 0 Å². The average molecular weight is 417 g/mol.